The zero-order valence-electron chi connectivity index (χ0n) is 12.7. The number of halogens is 1. The Balaban J connectivity index is 0.00000220. The van der Waals surface area contributed by atoms with Gasteiger partial charge >= 0.3 is 5.97 Å². The van der Waals surface area contributed by atoms with Crippen LogP contribution in [0.5, 0.6) is 5.75 Å². The van der Waals surface area contributed by atoms with Gasteiger partial charge in [-0.1, -0.05) is 0 Å². The van der Waals surface area contributed by atoms with Gasteiger partial charge < -0.3 is 14.4 Å². The van der Waals surface area contributed by atoms with Crippen molar-refractivity contribution < 1.29 is 14.3 Å². The van der Waals surface area contributed by atoms with Crippen molar-refractivity contribution in [2.45, 2.75) is 39.2 Å². The lowest BCUT2D eigenvalue weighted by atomic mass is 10.1. The predicted octanol–water partition coefficient (Wildman–Crippen LogP) is 3.43. The van der Waals surface area contributed by atoms with Gasteiger partial charge in [-0.3, -0.25) is 0 Å². The third-order valence-corrected chi connectivity index (χ3v) is 3.49. The van der Waals surface area contributed by atoms with Crippen LogP contribution in [0.1, 0.15) is 33.1 Å². The number of anilines is 1. The summed E-state index contributed by atoms with van der Waals surface area (Å²) in [5.74, 6) is 0.374. The number of carbonyl (C=O) groups is 1. The molecule has 118 valence electrons. The summed E-state index contributed by atoms with van der Waals surface area (Å²) in [7, 11) is 0. The minimum atomic E-state index is -0.573. The first-order valence-electron chi connectivity index (χ1n) is 7.39. The summed E-state index contributed by atoms with van der Waals surface area (Å²) in [6.45, 7) is 6.12. The van der Waals surface area contributed by atoms with E-state index in [1.165, 1.54) is 24.9 Å². The Kier molecular flexibility index (Phi) is 7.37. The van der Waals surface area contributed by atoms with Crippen LogP contribution in [0.25, 0.3) is 0 Å². The molecule has 0 N–H and O–H groups in total. The third kappa shape index (κ3) is 5.12. The SMILES string of the molecule is CCOC(=O)C(C)Oc1ccc(N2CCCCC2)cc1.Cl. The zero-order chi connectivity index (χ0) is 14.4. The second-order valence-electron chi connectivity index (χ2n) is 5.05. The lowest BCUT2D eigenvalue weighted by molar-refractivity contribution is -0.150. The molecule has 1 fully saturated rings. The standard InChI is InChI=1S/C16H23NO3.ClH/c1-3-19-16(18)13(2)20-15-9-7-14(8-10-15)17-11-5-4-6-12-17;/h7-10,13H,3-6,11-12H2,1-2H3;1H. The molecule has 1 aliphatic rings. The molecule has 4 nitrogen and oxygen atoms in total. The molecule has 5 heteroatoms. The summed E-state index contributed by atoms with van der Waals surface area (Å²) in [6.07, 6.45) is 3.28. The molecule has 0 aliphatic carbocycles. The summed E-state index contributed by atoms with van der Waals surface area (Å²) in [5.41, 5.74) is 1.22. The maximum Gasteiger partial charge on any atom is 0.347 e. The van der Waals surface area contributed by atoms with Crippen LogP contribution >= 0.6 is 12.4 Å². The molecule has 1 saturated heterocycles. The van der Waals surface area contributed by atoms with E-state index in [9.17, 15) is 4.79 Å². The Morgan fingerprint density at radius 3 is 2.38 bits per heavy atom. The molecule has 1 atom stereocenters. The maximum absolute atomic E-state index is 11.5. The van der Waals surface area contributed by atoms with Gasteiger partial charge in [0.05, 0.1) is 6.61 Å². The number of ether oxygens (including phenoxy) is 2. The fourth-order valence-electron chi connectivity index (χ4n) is 2.40. The smallest absolute Gasteiger partial charge is 0.347 e. The van der Waals surface area contributed by atoms with Crippen molar-refractivity contribution in [3.63, 3.8) is 0 Å². The van der Waals surface area contributed by atoms with Crippen molar-refractivity contribution in [3.05, 3.63) is 24.3 Å². The van der Waals surface area contributed by atoms with Crippen LogP contribution in [0.3, 0.4) is 0 Å². The average Bonchev–Trinajstić information content (AvgIpc) is 2.49. The van der Waals surface area contributed by atoms with Gasteiger partial charge in [0, 0.05) is 18.8 Å². The first kappa shape index (κ1) is 17.6. The molecule has 0 bridgehead atoms. The van der Waals surface area contributed by atoms with Gasteiger partial charge in [-0.05, 0) is 57.4 Å². The molecule has 2 rings (SSSR count). The van der Waals surface area contributed by atoms with Gasteiger partial charge in [-0.25, -0.2) is 4.79 Å². The van der Waals surface area contributed by atoms with Gasteiger partial charge in [-0.15, -0.1) is 12.4 Å². The van der Waals surface area contributed by atoms with Crippen molar-refractivity contribution in [1.82, 2.24) is 0 Å². The molecule has 21 heavy (non-hydrogen) atoms. The molecule has 0 saturated carbocycles. The van der Waals surface area contributed by atoms with Crippen molar-refractivity contribution in [2.75, 3.05) is 24.6 Å². The van der Waals surface area contributed by atoms with E-state index in [0.29, 0.717) is 12.4 Å². The minimum absolute atomic E-state index is 0. The number of rotatable bonds is 5. The van der Waals surface area contributed by atoms with Gasteiger partial charge in [0.1, 0.15) is 5.75 Å². The van der Waals surface area contributed by atoms with Crippen LogP contribution in [-0.2, 0) is 9.53 Å². The molecule has 0 amide bonds. The molecule has 1 heterocycles. The van der Waals surface area contributed by atoms with Crippen molar-refractivity contribution in [3.8, 4) is 5.75 Å². The first-order chi connectivity index (χ1) is 9.70. The fraction of sp³-hybridized carbons (Fsp3) is 0.562. The van der Waals surface area contributed by atoms with Crippen LogP contribution in [0.4, 0.5) is 5.69 Å². The minimum Gasteiger partial charge on any atom is -0.479 e. The number of hydrogen-bond acceptors (Lipinski definition) is 4. The largest absolute Gasteiger partial charge is 0.479 e. The van der Waals surface area contributed by atoms with E-state index in [-0.39, 0.29) is 18.4 Å². The van der Waals surface area contributed by atoms with Crippen LogP contribution < -0.4 is 9.64 Å². The Labute approximate surface area is 132 Å². The summed E-state index contributed by atoms with van der Waals surface area (Å²) in [5, 5.41) is 0. The van der Waals surface area contributed by atoms with E-state index in [4.69, 9.17) is 9.47 Å². The molecular formula is C16H24ClNO3. The molecule has 0 spiro atoms. The fourth-order valence-corrected chi connectivity index (χ4v) is 2.40. The predicted molar refractivity (Wildman–Crippen MR) is 86.5 cm³/mol. The van der Waals surface area contributed by atoms with Gasteiger partial charge in [0.15, 0.2) is 6.10 Å². The summed E-state index contributed by atoms with van der Waals surface area (Å²) in [4.78, 5) is 13.9. The Hall–Kier alpha value is -1.42. The van der Waals surface area contributed by atoms with Crippen molar-refractivity contribution in [1.29, 1.82) is 0 Å². The van der Waals surface area contributed by atoms with Crippen molar-refractivity contribution in [2.24, 2.45) is 0 Å². The molecule has 0 radical (unpaired) electrons. The average molecular weight is 314 g/mol. The van der Waals surface area contributed by atoms with Gasteiger partial charge in [-0.2, -0.15) is 0 Å². The normalized spacial score (nSPS) is 15.8. The number of benzene rings is 1. The van der Waals surface area contributed by atoms with Crippen LogP contribution in [0.15, 0.2) is 24.3 Å². The second-order valence-corrected chi connectivity index (χ2v) is 5.05. The topological polar surface area (TPSA) is 38.8 Å². The number of esters is 1. The number of carbonyl (C=O) groups excluding carboxylic acids is 1. The monoisotopic (exact) mass is 313 g/mol. The maximum atomic E-state index is 11.5. The highest BCUT2D eigenvalue weighted by atomic mass is 35.5. The first-order valence-corrected chi connectivity index (χ1v) is 7.39. The highest BCUT2D eigenvalue weighted by Gasteiger charge is 2.16. The lowest BCUT2D eigenvalue weighted by Gasteiger charge is -2.28. The highest BCUT2D eigenvalue weighted by Crippen LogP contribution is 2.23. The zero-order valence-corrected chi connectivity index (χ0v) is 13.5. The Morgan fingerprint density at radius 1 is 1.19 bits per heavy atom. The lowest BCUT2D eigenvalue weighted by Crippen LogP contribution is -2.29. The van der Waals surface area contributed by atoms with E-state index in [2.05, 4.69) is 17.0 Å². The number of nitrogens with zero attached hydrogens (tertiary/aromatic N) is 1. The molecule has 1 aromatic rings. The quantitative estimate of drug-likeness (QED) is 0.781. The van der Waals surface area contributed by atoms with Crippen LogP contribution in [0.2, 0.25) is 0 Å². The Morgan fingerprint density at radius 2 is 1.81 bits per heavy atom. The number of piperidine rings is 1. The number of hydrogen-bond donors (Lipinski definition) is 0. The van der Waals surface area contributed by atoms with E-state index in [0.717, 1.165) is 13.1 Å². The molecule has 0 aromatic heterocycles. The highest BCUT2D eigenvalue weighted by molar-refractivity contribution is 5.85. The summed E-state index contributed by atoms with van der Waals surface area (Å²) >= 11 is 0. The van der Waals surface area contributed by atoms with Crippen LogP contribution in [-0.4, -0.2) is 31.8 Å². The molecule has 1 unspecified atom stereocenters. The Bertz CT molecular complexity index is 430. The van der Waals surface area contributed by atoms with E-state index < -0.39 is 6.10 Å². The van der Waals surface area contributed by atoms with Gasteiger partial charge in [0.25, 0.3) is 0 Å². The second kappa shape index (κ2) is 8.78. The van der Waals surface area contributed by atoms with Crippen LogP contribution in [0, 0.1) is 0 Å². The summed E-state index contributed by atoms with van der Waals surface area (Å²) < 4.78 is 10.5. The van der Waals surface area contributed by atoms with E-state index in [1.807, 2.05) is 12.1 Å². The van der Waals surface area contributed by atoms with Gasteiger partial charge in [0.2, 0.25) is 0 Å². The van der Waals surface area contributed by atoms with Crippen molar-refractivity contribution >= 4 is 24.1 Å². The van der Waals surface area contributed by atoms with E-state index >= 15 is 0 Å². The summed E-state index contributed by atoms with van der Waals surface area (Å²) in [6, 6.07) is 7.94. The third-order valence-electron chi connectivity index (χ3n) is 3.49. The van der Waals surface area contributed by atoms with E-state index in [1.54, 1.807) is 13.8 Å². The molecular weight excluding hydrogens is 290 g/mol. The molecule has 1 aliphatic heterocycles. The molecule has 1 aromatic carbocycles.